The Kier molecular flexibility index (Phi) is 5.23. The Morgan fingerprint density at radius 2 is 2.21 bits per heavy atom. The Bertz CT molecular complexity index is 434. The Morgan fingerprint density at radius 1 is 1.53 bits per heavy atom. The van der Waals surface area contributed by atoms with Crippen molar-refractivity contribution in [1.82, 2.24) is 5.32 Å². The molecule has 0 saturated carbocycles. The van der Waals surface area contributed by atoms with Gasteiger partial charge >= 0.3 is 6.61 Å². The number of nitrogens with two attached hydrogens (primary N) is 1. The van der Waals surface area contributed by atoms with Crippen LogP contribution in [-0.2, 0) is 0 Å². The zero-order valence-corrected chi connectivity index (χ0v) is 11.0. The lowest BCUT2D eigenvalue weighted by Crippen LogP contribution is -2.50. The molecule has 1 atom stereocenters. The van der Waals surface area contributed by atoms with Crippen LogP contribution < -0.4 is 15.8 Å². The monoisotopic (exact) mass is 272 g/mol. The van der Waals surface area contributed by atoms with Crippen molar-refractivity contribution in [2.75, 3.05) is 6.54 Å². The second-order valence-corrected chi connectivity index (χ2v) is 4.48. The number of ether oxygens (including phenoxy) is 1. The molecule has 0 aliphatic heterocycles. The van der Waals surface area contributed by atoms with Gasteiger partial charge in [-0.05, 0) is 31.5 Å². The first-order chi connectivity index (χ1) is 8.90. The number of halogens is 2. The molecule has 3 N–H and O–H groups in total. The van der Waals surface area contributed by atoms with Crippen molar-refractivity contribution in [3.63, 3.8) is 0 Å². The predicted molar refractivity (Wildman–Crippen MR) is 68.3 cm³/mol. The standard InChI is InChI=1S/C13H18F2N2O2/c1-3-13(2,8-16)17-11(18)9-5-4-6-10(7-9)19-12(14)15/h4-7,12H,3,8,16H2,1-2H3,(H,17,18). The van der Waals surface area contributed by atoms with Crippen molar-refractivity contribution in [3.8, 4) is 5.75 Å². The van der Waals surface area contributed by atoms with Gasteiger partial charge in [-0.3, -0.25) is 4.79 Å². The quantitative estimate of drug-likeness (QED) is 0.834. The minimum atomic E-state index is -2.91. The Labute approximate surface area is 110 Å². The first-order valence-corrected chi connectivity index (χ1v) is 5.97. The third-order valence-corrected chi connectivity index (χ3v) is 2.97. The third-order valence-electron chi connectivity index (χ3n) is 2.97. The van der Waals surface area contributed by atoms with Crippen molar-refractivity contribution in [2.45, 2.75) is 32.4 Å². The Hall–Kier alpha value is -1.69. The van der Waals surface area contributed by atoms with Crippen LogP contribution in [0, 0.1) is 0 Å². The van der Waals surface area contributed by atoms with Gasteiger partial charge in [0.2, 0.25) is 0 Å². The zero-order chi connectivity index (χ0) is 14.5. The molecule has 0 spiro atoms. The average Bonchev–Trinajstić information content (AvgIpc) is 2.38. The van der Waals surface area contributed by atoms with Gasteiger partial charge in [0, 0.05) is 17.6 Å². The number of rotatable bonds is 6. The minimum absolute atomic E-state index is 0.0476. The number of carbonyl (C=O) groups excluding carboxylic acids is 1. The van der Waals surface area contributed by atoms with Gasteiger partial charge in [0.25, 0.3) is 5.91 Å². The average molecular weight is 272 g/mol. The van der Waals surface area contributed by atoms with Crippen LogP contribution in [0.1, 0.15) is 30.6 Å². The highest BCUT2D eigenvalue weighted by molar-refractivity contribution is 5.95. The number of nitrogens with one attached hydrogen (secondary N) is 1. The van der Waals surface area contributed by atoms with Gasteiger partial charge in [-0.15, -0.1) is 0 Å². The normalized spacial score (nSPS) is 14.0. The molecule has 0 aliphatic rings. The maximum absolute atomic E-state index is 12.1. The maximum atomic E-state index is 12.1. The SMILES string of the molecule is CCC(C)(CN)NC(=O)c1cccc(OC(F)F)c1. The van der Waals surface area contributed by atoms with Crippen LogP contribution in [0.2, 0.25) is 0 Å². The summed E-state index contributed by atoms with van der Waals surface area (Å²) < 4.78 is 28.4. The van der Waals surface area contributed by atoms with Crippen molar-refractivity contribution in [1.29, 1.82) is 0 Å². The van der Waals surface area contributed by atoms with Gasteiger partial charge in [0.05, 0.1) is 0 Å². The fraction of sp³-hybridized carbons (Fsp3) is 0.462. The summed E-state index contributed by atoms with van der Waals surface area (Å²) in [5.74, 6) is -0.414. The van der Waals surface area contributed by atoms with Crippen LogP contribution in [0.15, 0.2) is 24.3 Å². The summed E-state index contributed by atoms with van der Waals surface area (Å²) in [6, 6.07) is 5.65. The highest BCUT2D eigenvalue weighted by atomic mass is 19.3. The number of hydrogen-bond acceptors (Lipinski definition) is 3. The van der Waals surface area contributed by atoms with E-state index in [4.69, 9.17) is 5.73 Å². The fourth-order valence-electron chi connectivity index (χ4n) is 1.44. The molecule has 0 saturated heterocycles. The topological polar surface area (TPSA) is 64.3 Å². The molecular weight excluding hydrogens is 254 g/mol. The lowest BCUT2D eigenvalue weighted by molar-refractivity contribution is -0.0498. The van der Waals surface area contributed by atoms with Crippen LogP contribution in [0.5, 0.6) is 5.75 Å². The third kappa shape index (κ3) is 4.48. The smallest absolute Gasteiger partial charge is 0.387 e. The first-order valence-electron chi connectivity index (χ1n) is 5.97. The van der Waals surface area contributed by atoms with E-state index in [9.17, 15) is 13.6 Å². The van der Waals surface area contributed by atoms with E-state index in [0.717, 1.165) is 0 Å². The number of alkyl halides is 2. The number of carbonyl (C=O) groups is 1. The van der Waals surface area contributed by atoms with Gasteiger partial charge in [0.1, 0.15) is 5.75 Å². The van der Waals surface area contributed by atoms with Crippen LogP contribution in [0.25, 0.3) is 0 Å². The molecule has 19 heavy (non-hydrogen) atoms. The number of benzene rings is 1. The van der Waals surface area contributed by atoms with Crippen molar-refractivity contribution < 1.29 is 18.3 Å². The summed E-state index contributed by atoms with van der Waals surface area (Å²) in [5, 5.41) is 2.78. The lowest BCUT2D eigenvalue weighted by Gasteiger charge is -2.28. The molecule has 0 heterocycles. The molecule has 4 nitrogen and oxygen atoms in total. The van der Waals surface area contributed by atoms with Gasteiger partial charge < -0.3 is 15.8 Å². The Balaban J connectivity index is 2.82. The molecule has 0 aromatic heterocycles. The second kappa shape index (κ2) is 6.47. The van der Waals surface area contributed by atoms with Gasteiger partial charge in [0.15, 0.2) is 0 Å². The van der Waals surface area contributed by atoms with E-state index in [1.807, 2.05) is 13.8 Å². The largest absolute Gasteiger partial charge is 0.435 e. The van der Waals surface area contributed by atoms with Crippen LogP contribution in [-0.4, -0.2) is 24.6 Å². The van der Waals surface area contributed by atoms with Gasteiger partial charge in [-0.1, -0.05) is 13.0 Å². The molecular formula is C13H18F2N2O2. The molecule has 0 fully saturated rings. The summed E-state index contributed by atoms with van der Waals surface area (Å²) in [7, 11) is 0. The molecule has 0 aliphatic carbocycles. The first kappa shape index (κ1) is 15.4. The molecule has 6 heteroatoms. The minimum Gasteiger partial charge on any atom is -0.435 e. The summed E-state index contributed by atoms with van der Waals surface area (Å²) in [4.78, 5) is 12.0. The maximum Gasteiger partial charge on any atom is 0.387 e. The summed E-state index contributed by atoms with van der Waals surface area (Å²) in [6.45, 7) is 1.11. The summed E-state index contributed by atoms with van der Waals surface area (Å²) >= 11 is 0. The van der Waals surface area contributed by atoms with E-state index in [0.29, 0.717) is 13.0 Å². The second-order valence-electron chi connectivity index (χ2n) is 4.48. The molecule has 0 radical (unpaired) electrons. The van der Waals surface area contributed by atoms with E-state index < -0.39 is 12.2 Å². The molecule has 1 aromatic rings. The van der Waals surface area contributed by atoms with E-state index in [2.05, 4.69) is 10.1 Å². The van der Waals surface area contributed by atoms with Crippen LogP contribution >= 0.6 is 0 Å². The number of hydrogen-bond donors (Lipinski definition) is 2. The lowest BCUT2D eigenvalue weighted by atomic mass is 9.98. The summed E-state index contributed by atoms with van der Waals surface area (Å²) in [6.07, 6.45) is 0.669. The molecule has 0 bridgehead atoms. The molecule has 1 unspecified atom stereocenters. The van der Waals surface area contributed by atoms with Crippen molar-refractivity contribution in [2.24, 2.45) is 5.73 Å². The van der Waals surface area contributed by atoms with Gasteiger partial charge in [-0.25, -0.2) is 0 Å². The van der Waals surface area contributed by atoms with Crippen molar-refractivity contribution in [3.05, 3.63) is 29.8 Å². The predicted octanol–water partition coefficient (Wildman–Crippen LogP) is 2.15. The fourth-order valence-corrected chi connectivity index (χ4v) is 1.44. The van der Waals surface area contributed by atoms with E-state index in [-0.39, 0.29) is 17.2 Å². The van der Waals surface area contributed by atoms with E-state index in [1.165, 1.54) is 24.3 Å². The van der Waals surface area contributed by atoms with Crippen LogP contribution in [0.3, 0.4) is 0 Å². The highest BCUT2D eigenvalue weighted by Crippen LogP contribution is 2.17. The Morgan fingerprint density at radius 3 is 2.74 bits per heavy atom. The zero-order valence-electron chi connectivity index (χ0n) is 11.0. The van der Waals surface area contributed by atoms with Crippen molar-refractivity contribution >= 4 is 5.91 Å². The molecule has 1 amide bonds. The van der Waals surface area contributed by atoms with E-state index in [1.54, 1.807) is 0 Å². The van der Waals surface area contributed by atoms with E-state index >= 15 is 0 Å². The highest BCUT2D eigenvalue weighted by Gasteiger charge is 2.23. The van der Waals surface area contributed by atoms with Gasteiger partial charge in [-0.2, -0.15) is 8.78 Å². The molecule has 106 valence electrons. The van der Waals surface area contributed by atoms with Crippen LogP contribution in [0.4, 0.5) is 8.78 Å². The molecule has 1 rings (SSSR count). The number of amides is 1. The summed E-state index contributed by atoms with van der Waals surface area (Å²) in [5.41, 5.74) is 5.34. The molecule has 1 aromatic carbocycles.